The lowest BCUT2D eigenvalue weighted by Gasteiger charge is -2.20. The van der Waals surface area contributed by atoms with E-state index in [-0.39, 0.29) is 5.41 Å². The highest BCUT2D eigenvalue weighted by Crippen LogP contribution is 2.42. The Morgan fingerprint density at radius 2 is 1.00 bits per heavy atom. The Hall–Kier alpha value is -9.98. The van der Waals surface area contributed by atoms with Crippen molar-refractivity contribution in [1.82, 2.24) is 23.3 Å². The number of hydrogen-bond donors (Lipinski definition) is 0. The third-order valence-electron chi connectivity index (χ3n) is 15.4. The third-order valence-corrected chi connectivity index (χ3v) is 15.4. The van der Waals surface area contributed by atoms with E-state index >= 15 is 0 Å². The number of benzene rings is 10. The van der Waals surface area contributed by atoms with Crippen molar-refractivity contribution in [2.75, 3.05) is 0 Å². The Morgan fingerprint density at radius 1 is 0.416 bits per heavy atom. The summed E-state index contributed by atoms with van der Waals surface area (Å²) in [5.41, 5.74) is 16.4. The maximum Gasteiger partial charge on any atom is 0.269 e. The van der Waals surface area contributed by atoms with Crippen LogP contribution in [0.1, 0.15) is 26.3 Å². The second-order valence-corrected chi connectivity index (χ2v) is 21.0. The summed E-state index contributed by atoms with van der Waals surface area (Å²) in [5.74, 6) is 2.30. The summed E-state index contributed by atoms with van der Waals surface area (Å²) in [6.45, 7) is 6.75. The van der Waals surface area contributed by atoms with Crippen LogP contribution in [0, 0.1) is 6.33 Å². The number of fused-ring (bicyclic) bond motifs is 10. The second kappa shape index (κ2) is 17.3. The molecule has 0 fully saturated rings. The number of para-hydroxylation sites is 8. The van der Waals surface area contributed by atoms with Crippen molar-refractivity contribution in [2.45, 2.75) is 26.2 Å². The topological polar surface area (TPSA) is 45.7 Å². The van der Waals surface area contributed by atoms with Gasteiger partial charge in [-0.15, -0.1) is 0 Å². The fourth-order valence-corrected chi connectivity index (χ4v) is 11.9. The van der Waals surface area contributed by atoms with Gasteiger partial charge in [0.2, 0.25) is 0 Å². The molecule has 10 aromatic carbocycles. The first-order valence-corrected chi connectivity index (χ1v) is 26.3. The molecular weight excluding hydrogens is 941 g/mol. The molecule has 15 aromatic rings. The van der Waals surface area contributed by atoms with E-state index in [4.69, 9.17) is 9.72 Å². The van der Waals surface area contributed by atoms with E-state index in [1.54, 1.807) is 0 Å². The number of nitrogens with zero attached hydrogens (tertiary/aromatic N) is 6. The van der Waals surface area contributed by atoms with Gasteiger partial charge in [0.15, 0.2) is 0 Å². The molecule has 0 bridgehead atoms. The Labute approximate surface area is 445 Å². The van der Waals surface area contributed by atoms with Gasteiger partial charge in [0.05, 0.1) is 55.5 Å². The van der Waals surface area contributed by atoms with Gasteiger partial charge in [0.1, 0.15) is 17.3 Å². The first-order valence-electron chi connectivity index (χ1n) is 26.3. The van der Waals surface area contributed by atoms with E-state index in [1.165, 1.54) is 43.7 Å². The summed E-state index contributed by atoms with van der Waals surface area (Å²) in [7, 11) is 0. The lowest BCUT2D eigenvalue weighted by Crippen LogP contribution is -2.30. The standard InChI is InChI=1S/C70H50N6O/c1-70(2,3)47-39-40-71-67(42-47)76-62-38-35-46(53-27-17-28-57-54-25-10-12-30-60(54)74(68(53)57)48-19-6-4-7-20-48)41-59(62)56-37-36-52(44-66(56)76)77-51-24-16-23-50(43-51)72-45-73(64-33-15-14-32-63(64)72)65-34-18-29-58-55-26-11-13-31-61(55)75(69(58)65)49-21-8-5-9-22-49/h4-44H,1-3H3. The molecule has 0 aliphatic rings. The summed E-state index contributed by atoms with van der Waals surface area (Å²) in [6, 6.07) is 86.5. The highest BCUT2D eigenvalue weighted by atomic mass is 16.5. The number of pyridine rings is 1. The summed E-state index contributed by atoms with van der Waals surface area (Å²) < 4.78 is 18.4. The zero-order valence-electron chi connectivity index (χ0n) is 42.8. The largest absolute Gasteiger partial charge is 0.458 e. The molecule has 15 rings (SSSR count). The number of imidazole rings is 1. The van der Waals surface area contributed by atoms with Gasteiger partial charge in [-0.05, 0) is 114 Å². The molecule has 7 nitrogen and oxygen atoms in total. The van der Waals surface area contributed by atoms with Crippen LogP contribution >= 0.6 is 0 Å². The van der Waals surface area contributed by atoms with Crippen LogP contribution < -0.4 is 9.30 Å². The molecule has 0 atom stereocenters. The summed E-state index contributed by atoms with van der Waals surface area (Å²) in [5, 5.41) is 7.09. The van der Waals surface area contributed by atoms with Gasteiger partial charge >= 0.3 is 0 Å². The lowest BCUT2D eigenvalue weighted by atomic mass is 9.88. The molecule has 0 aliphatic heterocycles. The zero-order valence-corrected chi connectivity index (χ0v) is 42.8. The minimum atomic E-state index is -0.0734. The predicted molar refractivity (Wildman–Crippen MR) is 315 cm³/mol. The molecule has 5 heterocycles. The average molecular weight is 991 g/mol. The smallest absolute Gasteiger partial charge is 0.269 e. The minimum absolute atomic E-state index is 0.0734. The number of hydrogen-bond acceptors (Lipinski definition) is 2. The number of ether oxygens (including phenoxy) is 1. The second-order valence-electron chi connectivity index (χ2n) is 21.0. The third kappa shape index (κ3) is 7.11. The van der Waals surface area contributed by atoms with Crippen molar-refractivity contribution >= 4 is 76.5 Å². The monoisotopic (exact) mass is 990 g/mol. The van der Waals surface area contributed by atoms with E-state index in [0.29, 0.717) is 5.75 Å². The Kier molecular flexibility index (Phi) is 10.00. The van der Waals surface area contributed by atoms with Crippen LogP contribution in [0.2, 0.25) is 0 Å². The van der Waals surface area contributed by atoms with Crippen LogP contribution in [0.5, 0.6) is 11.5 Å². The molecule has 0 N–H and O–H groups in total. The van der Waals surface area contributed by atoms with Crippen LogP contribution in [0.4, 0.5) is 0 Å². The van der Waals surface area contributed by atoms with Crippen molar-refractivity contribution in [3.8, 4) is 51.2 Å². The first-order chi connectivity index (χ1) is 37.8. The lowest BCUT2D eigenvalue weighted by molar-refractivity contribution is -0.571. The average Bonchev–Trinajstić information content (AvgIpc) is 4.27. The van der Waals surface area contributed by atoms with Crippen molar-refractivity contribution in [3.05, 3.63) is 261 Å². The summed E-state index contributed by atoms with van der Waals surface area (Å²) >= 11 is 0. The van der Waals surface area contributed by atoms with Gasteiger partial charge in [-0.25, -0.2) is 4.98 Å². The van der Waals surface area contributed by atoms with Gasteiger partial charge in [-0.3, -0.25) is 13.7 Å². The molecule has 0 spiro atoms. The van der Waals surface area contributed by atoms with Gasteiger partial charge in [-0.2, -0.15) is 0 Å². The maximum atomic E-state index is 6.92. The maximum absolute atomic E-state index is 6.92. The predicted octanol–water partition coefficient (Wildman–Crippen LogP) is 17.2. The number of aromatic nitrogens is 6. The van der Waals surface area contributed by atoms with E-state index in [2.05, 4.69) is 287 Å². The van der Waals surface area contributed by atoms with Gasteiger partial charge in [0.25, 0.3) is 6.33 Å². The molecule has 0 saturated carbocycles. The normalized spacial score (nSPS) is 12.1. The molecule has 5 aromatic heterocycles. The van der Waals surface area contributed by atoms with Gasteiger partial charge in [0, 0.05) is 61.5 Å². The summed E-state index contributed by atoms with van der Waals surface area (Å²) in [4.78, 5) is 5.05. The molecule has 77 heavy (non-hydrogen) atoms. The SMILES string of the molecule is CC(C)(C)c1ccnc(-n2c3ccc(-c4cccc5c6ccccc6n(-c6ccccc6)c45)cc3c3ccc(Oc4cccc(-n5[c-][n+](-c6cccc7c8ccccc8n(-c8ccccc8)c67)c6ccccc65)c4)cc32)c1. The number of rotatable bonds is 8. The molecular formula is C70H50N6O. The van der Waals surface area contributed by atoms with E-state index in [9.17, 15) is 0 Å². The summed E-state index contributed by atoms with van der Waals surface area (Å²) in [6.07, 6.45) is 5.74. The van der Waals surface area contributed by atoms with Crippen LogP contribution in [0.25, 0.3) is 116 Å². The molecule has 0 unspecified atom stereocenters. The molecule has 366 valence electrons. The highest BCUT2D eigenvalue weighted by molar-refractivity contribution is 6.16. The molecule has 0 radical (unpaired) electrons. The first kappa shape index (κ1) is 44.5. The van der Waals surface area contributed by atoms with Crippen LogP contribution in [-0.2, 0) is 5.41 Å². The Bertz CT molecular complexity index is 4820. The van der Waals surface area contributed by atoms with Crippen molar-refractivity contribution < 1.29 is 9.30 Å². The molecule has 0 saturated heterocycles. The van der Waals surface area contributed by atoms with Crippen LogP contribution in [0.3, 0.4) is 0 Å². The molecule has 0 amide bonds. The van der Waals surface area contributed by atoms with Crippen molar-refractivity contribution in [1.29, 1.82) is 0 Å². The van der Waals surface area contributed by atoms with Crippen LogP contribution in [0.15, 0.2) is 249 Å². The van der Waals surface area contributed by atoms with E-state index in [0.717, 1.165) is 83.8 Å². The van der Waals surface area contributed by atoms with Gasteiger partial charge < -0.3 is 13.9 Å². The Balaban J connectivity index is 0.861. The fraction of sp³-hybridized carbons (Fsp3) is 0.0571. The van der Waals surface area contributed by atoms with Gasteiger partial charge in [-0.1, -0.05) is 160 Å². The van der Waals surface area contributed by atoms with Crippen molar-refractivity contribution in [2.24, 2.45) is 0 Å². The molecule has 0 aliphatic carbocycles. The minimum Gasteiger partial charge on any atom is -0.458 e. The van der Waals surface area contributed by atoms with E-state index < -0.39 is 0 Å². The molecule has 7 heteroatoms. The quantitative estimate of drug-likeness (QED) is 0.112. The zero-order chi connectivity index (χ0) is 51.4. The Morgan fingerprint density at radius 3 is 1.74 bits per heavy atom. The van der Waals surface area contributed by atoms with E-state index in [1.807, 2.05) is 12.3 Å². The van der Waals surface area contributed by atoms with Crippen molar-refractivity contribution in [3.63, 3.8) is 0 Å². The fourth-order valence-electron chi connectivity index (χ4n) is 11.9. The highest BCUT2D eigenvalue weighted by Gasteiger charge is 2.23. The van der Waals surface area contributed by atoms with Crippen LogP contribution in [-0.4, -0.2) is 23.3 Å².